The summed E-state index contributed by atoms with van der Waals surface area (Å²) in [6.07, 6.45) is 1.85. The fourth-order valence-electron chi connectivity index (χ4n) is 1.23. The molecular formula is C9H6Cl3N. The molecule has 0 amide bonds. The number of alkyl halides is 3. The predicted molar refractivity (Wildman–Crippen MR) is 57.5 cm³/mol. The van der Waals surface area contributed by atoms with Gasteiger partial charge in [0.05, 0.1) is 0 Å². The summed E-state index contributed by atoms with van der Waals surface area (Å²) in [6, 6.07) is 7.49. The van der Waals surface area contributed by atoms with Gasteiger partial charge in [0.1, 0.15) is 0 Å². The van der Waals surface area contributed by atoms with Gasteiger partial charge in [-0.25, -0.2) is 0 Å². The average molecular weight is 235 g/mol. The van der Waals surface area contributed by atoms with Crippen molar-refractivity contribution in [2.75, 3.05) is 0 Å². The maximum Gasteiger partial charge on any atom is 0.216 e. The second-order valence-electron chi connectivity index (χ2n) is 2.78. The Hall–Kier alpha value is -0.370. The normalized spacial score (nSPS) is 12.2. The molecule has 0 unspecified atom stereocenters. The van der Waals surface area contributed by atoms with E-state index >= 15 is 0 Å². The maximum atomic E-state index is 5.75. The molecule has 2 rings (SSSR count). The molecule has 1 N–H and O–H groups in total. The van der Waals surface area contributed by atoms with Crippen LogP contribution in [0.4, 0.5) is 0 Å². The van der Waals surface area contributed by atoms with Gasteiger partial charge in [-0.2, -0.15) is 0 Å². The molecule has 0 fully saturated rings. The summed E-state index contributed by atoms with van der Waals surface area (Å²) in [5.74, 6) is 0. The summed E-state index contributed by atoms with van der Waals surface area (Å²) in [6.45, 7) is 0. The molecule has 0 aliphatic rings. The molecule has 0 saturated carbocycles. The van der Waals surface area contributed by atoms with Crippen molar-refractivity contribution in [2.45, 2.75) is 3.79 Å². The smallest absolute Gasteiger partial charge is 0.216 e. The molecule has 0 aliphatic heterocycles. The lowest BCUT2D eigenvalue weighted by Gasteiger charge is -2.10. The van der Waals surface area contributed by atoms with Gasteiger partial charge in [0.2, 0.25) is 3.79 Å². The second kappa shape index (κ2) is 3.09. The quantitative estimate of drug-likeness (QED) is 0.663. The van der Waals surface area contributed by atoms with E-state index in [0.29, 0.717) is 5.56 Å². The van der Waals surface area contributed by atoms with Gasteiger partial charge in [-0.05, 0) is 23.6 Å². The summed E-state index contributed by atoms with van der Waals surface area (Å²) in [5, 5.41) is 1.05. The van der Waals surface area contributed by atoms with Crippen LogP contribution >= 0.6 is 34.8 Å². The predicted octanol–water partition coefficient (Wildman–Crippen LogP) is 3.99. The zero-order chi connectivity index (χ0) is 9.47. The van der Waals surface area contributed by atoms with Crippen LogP contribution in [0.2, 0.25) is 0 Å². The molecule has 0 spiro atoms. The Morgan fingerprint density at radius 1 is 1.08 bits per heavy atom. The van der Waals surface area contributed by atoms with Crippen LogP contribution in [0.3, 0.4) is 0 Å². The molecule has 0 atom stereocenters. The fourth-order valence-corrected chi connectivity index (χ4v) is 1.58. The molecular weight excluding hydrogens is 228 g/mol. The van der Waals surface area contributed by atoms with E-state index in [9.17, 15) is 0 Å². The molecule has 4 heteroatoms. The number of aromatic nitrogens is 1. The number of aromatic amines is 1. The van der Waals surface area contributed by atoms with Crippen molar-refractivity contribution in [3.05, 3.63) is 36.0 Å². The molecule has 0 saturated heterocycles. The molecule has 0 aliphatic carbocycles. The lowest BCUT2D eigenvalue weighted by atomic mass is 10.2. The lowest BCUT2D eigenvalue weighted by Crippen LogP contribution is -1.98. The number of halogens is 3. The minimum Gasteiger partial charge on any atom is -0.361 e. The third-order valence-corrected chi connectivity index (χ3v) is 2.54. The minimum absolute atomic E-state index is 0.685. The van der Waals surface area contributed by atoms with Crippen molar-refractivity contribution in [3.8, 4) is 0 Å². The van der Waals surface area contributed by atoms with Crippen LogP contribution in [0, 0.1) is 0 Å². The largest absolute Gasteiger partial charge is 0.361 e. The monoisotopic (exact) mass is 233 g/mol. The van der Waals surface area contributed by atoms with E-state index in [2.05, 4.69) is 4.98 Å². The van der Waals surface area contributed by atoms with Crippen molar-refractivity contribution in [3.63, 3.8) is 0 Å². The number of hydrogen-bond acceptors (Lipinski definition) is 0. The number of benzene rings is 1. The van der Waals surface area contributed by atoms with E-state index in [4.69, 9.17) is 34.8 Å². The first-order chi connectivity index (χ1) is 6.07. The Kier molecular flexibility index (Phi) is 2.18. The number of nitrogens with one attached hydrogen (secondary N) is 1. The second-order valence-corrected chi connectivity index (χ2v) is 5.06. The molecule has 68 valence electrons. The van der Waals surface area contributed by atoms with Crippen LogP contribution in [-0.4, -0.2) is 4.98 Å². The van der Waals surface area contributed by atoms with Gasteiger partial charge in [0, 0.05) is 17.3 Å². The summed E-state index contributed by atoms with van der Waals surface area (Å²) in [5.41, 5.74) is 1.72. The molecule has 13 heavy (non-hydrogen) atoms. The van der Waals surface area contributed by atoms with E-state index in [1.54, 1.807) is 6.07 Å². The van der Waals surface area contributed by atoms with Crippen molar-refractivity contribution < 1.29 is 0 Å². The zero-order valence-electron chi connectivity index (χ0n) is 6.52. The number of rotatable bonds is 0. The van der Waals surface area contributed by atoms with Crippen LogP contribution in [0.15, 0.2) is 30.5 Å². The molecule has 2 aromatic rings. The highest BCUT2D eigenvalue weighted by atomic mass is 35.6. The highest BCUT2D eigenvalue weighted by Gasteiger charge is 2.22. The van der Waals surface area contributed by atoms with Crippen molar-refractivity contribution in [1.82, 2.24) is 4.98 Å². The van der Waals surface area contributed by atoms with Gasteiger partial charge in [0.25, 0.3) is 0 Å². The summed E-state index contributed by atoms with van der Waals surface area (Å²) in [7, 11) is 0. The van der Waals surface area contributed by atoms with Crippen molar-refractivity contribution in [2.24, 2.45) is 0 Å². The Morgan fingerprint density at radius 3 is 2.54 bits per heavy atom. The third-order valence-electron chi connectivity index (χ3n) is 1.88. The Bertz CT molecular complexity index is 428. The third kappa shape index (κ3) is 1.78. The standard InChI is InChI=1S/C9H6Cl3N/c10-9(11,12)7-1-2-8-6(5-7)3-4-13-8/h1-5,13H. The highest BCUT2D eigenvalue weighted by molar-refractivity contribution is 6.66. The Labute approximate surface area is 90.6 Å². The summed E-state index contributed by atoms with van der Waals surface area (Å²) >= 11 is 17.2. The number of fused-ring (bicyclic) bond motifs is 1. The summed E-state index contributed by atoms with van der Waals surface area (Å²) < 4.78 is -1.34. The van der Waals surface area contributed by atoms with Crippen LogP contribution in [0.1, 0.15) is 5.56 Å². The van der Waals surface area contributed by atoms with Gasteiger partial charge < -0.3 is 4.98 Å². The van der Waals surface area contributed by atoms with Crippen molar-refractivity contribution >= 4 is 45.7 Å². The van der Waals surface area contributed by atoms with E-state index in [1.165, 1.54) is 0 Å². The first-order valence-corrected chi connectivity index (χ1v) is 4.85. The molecule has 1 aromatic heterocycles. The highest BCUT2D eigenvalue weighted by Crippen LogP contribution is 2.38. The van der Waals surface area contributed by atoms with Crippen molar-refractivity contribution in [1.29, 1.82) is 0 Å². The van der Waals surface area contributed by atoms with Gasteiger partial charge in [-0.1, -0.05) is 40.9 Å². The molecule has 1 heterocycles. The van der Waals surface area contributed by atoms with E-state index in [-0.39, 0.29) is 0 Å². The topological polar surface area (TPSA) is 15.8 Å². The van der Waals surface area contributed by atoms with Gasteiger partial charge in [-0.3, -0.25) is 0 Å². The number of H-pyrrole nitrogens is 1. The Balaban J connectivity index is 2.61. The lowest BCUT2D eigenvalue weighted by molar-refractivity contribution is 1.25. The van der Waals surface area contributed by atoms with E-state index in [0.717, 1.165) is 10.9 Å². The first-order valence-electron chi connectivity index (χ1n) is 3.72. The molecule has 0 radical (unpaired) electrons. The molecule has 0 bridgehead atoms. The fraction of sp³-hybridized carbons (Fsp3) is 0.111. The SMILES string of the molecule is ClC(Cl)(Cl)c1ccc2[nH]ccc2c1. The zero-order valence-corrected chi connectivity index (χ0v) is 8.79. The van der Waals surface area contributed by atoms with Crippen LogP contribution in [-0.2, 0) is 3.79 Å². The van der Waals surface area contributed by atoms with Gasteiger partial charge >= 0.3 is 0 Å². The number of hydrogen-bond donors (Lipinski definition) is 1. The van der Waals surface area contributed by atoms with E-state index < -0.39 is 3.79 Å². The van der Waals surface area contributed by atoms with Crippen LogP contribution < -0.4 is 0 Å². The van der Waals surface area contributed by atoms with E-state index in [1.807, 2.05) is 24.4 Å². The summed E-state index contributed by atoms with van der Waals surface area (Å²) in [4.78, 5) is 3.07. The first kappa shape index (κ1) is 9.20. The van der Waals surface area contributed by atoms with Gasteiger partial charge in [0.15, 0.2) is 0 Å². The molecule has 1 aromatic carbocycles. The Morgan fingerprint density at radius 2 is 1.85 bits per heavy atom. The average Bonchev–Trinajstić information content (AvgIpc) is 2.47. The van der Waals surface area contributed by atoms with Gasteiger partial charge in [-0.15, -0.1) is 0 Å². The van der Waals surface area contributed by atoms with Crippen LogP contribution in [0.25, 0.3) is 10.9 Å². The minimum atomic E-state index is -1.34. The maximum absolute atomic E-state index is 5.75. The molecule has 1 nitrogen and oxygen atoms in total. The van der Waals surface area contributed by atoms with Crippen LogP contribution in [0.5, 0.6) is 0 Å².